The van der Waals surface area contributed by atoms with Crippen molar-refractivity contribution < 1.29 is 14.3 Å². The van der Waals surface area contributed by atoms with Gasteiger partial charge in [0.1, 0.15) is 5.82 Å². The van der Waals surface area contributed by atoms with Gasteiger partial charge in [0, 0.05) is 18.4 Å². The number of nitrogens with one attached hydrogen (secondary N) is 1. The average Bonchev–Trinajstić information content (AvgIpc) is 2.28. The SMILES string of the molecule is CC(CNCC(C)(C)c1ccc(F)cc1)CC(=O)O. The maximum atomic E-state index is 12.9. The van der Waals surface area contributed by atoms with E-state index in [1.165, 1.54) is 12.1 Å². The van der Waals surface area contributed by atoms with Gasteiger partial charge in [-0.05, 0) is 30.2 Å². The van der Waals surface area contributed by atoms with Gasteiger partial charge in [-0.25, -0.2) is 4.39 Å². The van der Waals surface area contributed by atoms with Crippen molar-refractivity contribution in [2.24, 2.45) is 5.92 Å². The molecule has 0 heterocycles. The molecule has 0 aliphatic heterocycles. The highest BCUT2D eigenvalue weighted by molar-refractivity contribution is 5.66. The van der Waals surface area contributed by atoms with Crippen molar-refractivity contribution in [2.45, 2.75) is 32.6 Å². The van der Waals surface area contributed by atoms with Crippen LogP contribution in [0.25, 0.3) is 0 Å². The highest BCUT2D eigenvalue weighted by atomic mass is 19.1. The normalized spacial score (nSPS) is 13.3. The van der Waals surface area contributed by atoms with Crippen LogP contribution in [0.3, 0.4) is 0 Å². The lowest BCUT2D eigenvalue weighted by Gasteiger charge is -2.26. The summed E-state index contributed by atoms with van der Waals surface area (Å²) in [7, 11) is 0. The van der Waals surface area contributed by atoms with Gasteiger partial charge in [0.2, 0.25) is 0 Å². The second kappa shape index (κ2) is 6.66. The first kappa shape index (κ1) is 15.6. The van der Waals surface area contributed by atoms with E-state index in [0.29, 0.717) is 6.54 Å². The molecule has 1 aromatic rings. The number of aliphatic carboxylic acids is 1. The number of benzene rings is 1. The van der Waals surface area contributed by atoms with E-state index in [1.807, 2.05) is 6.92 Å². The van der Waals surface area contributed by atoms with Gasteiger partial charge >= 0.3 is 5.97 Å². The van der Waals surface area contributed by atoms with Crippen LogP contribution in [0.2, 0.25) is 0 Å². The molecule has 0 saturated carbocycles. The van der Waals surface area contributed by atoms with Crippen LogP contribution in [0, 0.1) is 11.7 Å². The molecule has 0 aliphatic rings. The van der Waals surface area contributed by atoms with Crippen molar-refractivity contribution in [3.63, 3.8) is 0 Å². The van der Waals surface area contributed by atoms with E-state index in [9.17, 15) is 9.18 Å². The zero-order valence-corrected chi connectivity index (χ0v) is 11.7. The summed E-state index contributed by atoms with van der Waals surface area (Å²) in [6, 6.07) is 6.50. The van der Waals surface area contributed by atoms with Crippen LogP contribution in [0.5, 0.6) is 0 Å². The molecule has 4 heteroatoms. The summed E-state index contributed by atoms with van der Waals surface area (Å²) in [6.45, 7) is 7.45. The van der Waals surface area contributed by atoms with E-state index in [0.717, 1.165) is 12.1 Å². The first-order valence-electron chi connectivity index (χ1n) is 6.50. The molecule has 1 rings (SSSR count). The average molecular weight is 267 g/mol. The minimum Gasteiger partial charge on any atom is -0.481 e. The van der Waals surface area contributed by atoms with Gasteiger partial charge in [0.05, 0.1) is 0 Å². The zero-order valence-electron chi connectivity index (χ0n) is 11.7. The van der Waals surface area contributed by atoms with Gasteiger partial charge in [0.15, 0.2) is 0 Å². The molecule has 3 nitrogen and oxygen atoms in total. The Labute approximate surface area is 113 Å². The first-order valence-corrected chi connectivity index (χ1v) is 6.50. The van der Waals surface area contributed by atoms with Crippen molar-refractivity contribution >= 4 is 5.97 Å². The predicted octanol–water partition coefficient (Wildman–Crippen LogP) is 2.80. The number of halogens is 1. The maximum Gasteiger partial charge on any atom is 0.303 e. The van der Waals surface area contributed by atoms with Crippen molar-refractivity contribution in [1.82, 2.24) is 5.32 Å². The van der Waals surface area contributed by atoms with Crippen LogP contribution < -0.4 is 5.32 Å². The molecule has 2 N–H and O–H groups in total. The Morgan fingerprint density at radius 2 is 1.95 bits per heavy atom. The van der Waals surface area contributed by atoms with Crippen LogP contribution in [0.1, 0.15) is 32.8 Å². The number of carboxylic acid groups (broad SMARTS) is 1. The van der Waals surface area contributed by atoms with Crippen LogP contribution in [-0.2, 0) is 10.2 Å². The van der Waals surface area contributed by atoms with E-state index in [4.69, 9.17) is 5.11 Å². The second-order valence-electron chi connectivity index (χ2n) is 5.72. The third-order valence-electron chi connectivity index (χ3n) is 3.21. The molecular weight excluding hydrogens is 245 g/mol. The third-order valence-corrected chi connectivity index (χ3v) is 3.21. The maximum absolute atomic E-state index is 12.9. The fourth-order valence-corrected chi connectivity index (χ4v) is 2.00. The minimum absolute atomic E-state index is 0.0986. The number of rotatable bonds is 7. The molecule has 0 radical (unpaired) electrons. The predicted molar refractivity (Wildman–Crippen MR) is 73.7 cm³/mol. The molecule has 1 atom stereocenters. The summed E-state index contributed by atoms with van der Waals surface area (Å²) in [5.74, 6) is -0.906. The van der Waals surface area contributed by atoms with Crippen LogP contribution in [-0.4, -0.2) is 24.2 Å². The smallest absolute Gasteiger partial charge is 0.303 e. The van der Waals surface area contributed by atoms with E-state index in [2.05, 4.69) is 19.2 Å². The summed E-state index contributed by atoms with van der Waals surface area (Å²) in [5.41, 5.74) is 0.948. The van der Waals surface area contributed by atoms with Crippen molar-refractivity contribution in [3.05, 3.63) is 35.6 Å². The first-order chi connectivity index (χ1) is 8.81. The zero-order chi connectivity index (χ0) is 14.5. The van der Waals surface area contributed by atoms with Gasteiger partial charge < -0.3 is 10.4 Å². The number of hydrogen-bond acceptors (Lipinski definition) is 2. The molecule has 0 fully saturated rings. The van der Waals surface area contributed by atoms with Crippen molar-refractivity contribution in [3.8, 4) is 0 Å². The Hall–Kier alpha value is -1.42. The number of carboxylic acids is 1. The van der Waals surface area contributed by atoms with Crippen LogP contribution in [0.15, 0.2) is 24.3 Å². The van der Waals surface area contributed by atoms with E-state index in [-0.39, 0.29) is 23.6 Å². The summed E-state index contributed by atoms with van der Waals surface area (Å²) in [5, 5.41) is 12.0. The largest absolute Gasteiger partial charge is 0.481 e. The van der Waals surface area contributed by atoms with E-state index >= 15 is 0 Å². The summed E-state index contributed by atoms with van der Waals surface area (Å²) < 4.78 is 12.9. The Morgan fingerprint density at radius 3 is 2.47 bits per heavy atom. The lowest BCUT2D eigenvalue weighted by Crippen LogP contribution is -2.35. The van der Waals surface area contributed by atoms with E-state index in [1.54, 1.807) is 12.1 Å². The molecule has 0 aromatic heterocycles. The molecule has 0 amide bonds. The Balaban J connectivity index is 2.46. The van der Waals surface area contributed by atoms with Gasteiger partial charge in [0.25, 0.3) is 0 Å². The fraction of sp³-hybridized carbons (Fsp3) is 0.533. The Bertz CT molecular complexity index is 415. The lowest BCUT2D eigenvalue weighted by molar-refractivity contribution is -0.137. The molecule has 0 spiro atoms. The Kier molecular flexibility index (Phi) is 5.48. The molecular formula is C15H22FNO2. The molecule has 0 saturated heterocycles. The van der Waals surface area contributed by atoms with E-state index < -0.39 is 5.97 Å². The number of carbonyl (C=O) groups is 1. The fourth-order valence-electron chi connectivity index (χ4n) is 2.00. The summed E-state index contributed by atoms with van der Waals surface area (Å²) in [6.07, 6.45) is 0.171. The van der Waals surface area contributed by atoms with Crippen molar-refractivity contribution in [1.29, 1.82) is 0 Å². The number of hydrogen-bond donors (Lipinski definition) is 2. The third kappa shape index (κ3) is 5.39. The van der Waals surface area contributed by atoms with Gasteiger partial charge in [-0.2, -0.15) is 0 Å². The minimum atomic E-state index is -0.771. The molecule has 19 heavy (non-hydrogen) atoms. The van der Waals surface area contributed by atoms with Crippen LogP contribution in [0.4, 0.5) is 4.39 Å². The second-order valence-corrected chi connectivity index (χ2v) is 5.72. The van der Waals surface area contributed by atoms with Gasteiger partial charge in [-0.15, -0.1) is 0 Å². The molecule has 0 aliphatic carbocycles. The highest BCUT2D eigenvalue weighted by Crippen LogP contribution is 2.22. The van der Waals surface area contributed by atoms with Crippen LogP contribution >= 0.6 is 0 Å². The lowest BCUT2D eigenvalue weighted by atomic mass is 9.84. The van der Waals surface area contributed by atoms with Gasteiger partial charge in [-0.3, -0.25) is 4.79 Å². The Morgan fingerprint density at radius 1 is 1.37 bits per heavy atom. The van der Waals surface area contributed by atoms with Crippen molar-refractivity contribution in [2.75, 3.05) is 13.1 Å². The molecule has 0 bridgehead atoms. The highest BCUT2D eigenvalue weighted by Gasteiger charge is 2.20. The summed E-state index contributed by atoms with van der Waals surface area (Å²) >= 11 is 0. The monoisotopic (exact) mass is 267 g/mol. The molecule has 1 aromatic carbocycles. The van der Waals surface area contributed by atoms with Gasteiger partial charge in [-0.1, -0.05) is 32.9 Å². The molecule has 106 valence electrons. The standard InChI is InChI=1S/C15H22FNO2/c1-11(8-14(18)19)9-17-10-15(2,3)12-4-6-13(16)7-5-12/h4-7,11,17H,8-10H2,1-3H3,(H,18,19). The molecule has 1 unspecified atom stereocenters. The summed E-state index contributed by atoms with van der Waals surface area (Å²) in [4.78, 5) is 10.6. The topological polar surface area (TPSA) is 49.3 Å². The quantitative estimate of drug-likeness (QED) is 0.798.